The molecule has 2 aromatic heterocycles. The molecule has 0 bridgehead atoms. The molecule has 2 atom stereocenters. The molecule has 2 unspecified atom stereocenters. The van der Waals surface area contributed by atoms with Crippen molar-refractivity contribution in [3.8, 4) is 0 Å². The summed E-state index contributed by atoms with van der Waals surface area (Å²) in [5.41, 5.74) is 3.39. The van der Waals surface area contributed by atoms with E-state index >= 15 is 0 Å². The van der Waals surface area contributed by atoms with Crippen molar-refractivity contribution >= 4 is 22.9 Å². The second kappa shape index (κ2) is 8.75. The summed E-state index contributed by atoms with van der Waals surface area (Å²) < 4.78 is 1.97. The summed E-state index contributed by atoms with van der Waals surface area (Å²) >= 11 is 0. The van der Waals surface area contributed by atoms with Crippen molar-refractivity contribution in [3.63, 3.8) is 0 Å². The second-order valence-corrected chi connectivity index (χ2v) is 10.3. The molecule has 7 nitrogen and oxygen atoms in total. The average Bonchev–Trinajstić information content (AvgIpc) is 3.31. The van der Waals surface area contributed by atoms with Gasteiger partial charge in [-0.1, -0.05) is 40.5 Å². The lowest BCUT2D eigenvalue weighted by Crippen LogP contribution is -2.27. The predicted octanol–water partition coefficient (Wildman–Crippen LogP) is 5.51. The van der Waals surface area contributed by atoms with Gasteiger partial charge in [0, 0.05) is 24.4 Å². The Morgan fingerprint density at radius 2 is 1.88 bits per heavy atom. The number of fused-ring (bicyclic) bond motifs is 1. The summed E-state index contributed by atoms with van der Waals surface area (Å²) in [6.07, 6.45) is 4.86. The van der Waals surface area contributed by atoms with Crippen LogP contribution in [0.25, 0.3) is 0 Å². The maximum absolute atomic E-state index is 5.05. The first-order chi connectivity index (χ1) is 15.2. The second-order valence-electron chi connectivity index (χ2n) is 10.3. The van der Waals surface area contributed by atoms with E-state index in [1.165, 1.54) is 12.8 Å². The van der Waals surface area contributed by atoms with E-state index in [2.05, 4.69) is 68.8 Å². The first-order valence-corrected chi connectivity index (χ1v) is 12.1. The van der Waals surface area contributed by atoms with Gasteiger partial charge in [0.1, 0.15) is 11.5 Å². The molecule has 1 saturated carbocycles. The number of pyridine rings is 1. The molecule has 172 valence electrons. The van der Waals surface area contributed by atoms with E-state index in [-0.39, 0.29) is 5.41 Å². The molecular formula is C25H37N7. The molecule has 0 aromatic carbocycles. The average molecular weight is 436 g/mol. The molecule has 0 amide bonds. The molecule has 0 spiro atoms. The minimum absolute atomic E-state index is 0.154. The molecule has 4 rings (SSSR count). The largest absolute Gasteiger partial charge is 0.357 e. The van der Waals surface area contributed by atoms with E-state index in [9.17, 15) is 0 Å². The molecule has 3 heterocycles. The van der Waals surface area contributed by atoms with E-state index in [1.54, 1.807) is 0 Å². The number of anilines is 1. The molecule has 0 N–H and O–H groups in total. The molecular weight excluding hydrogens is 398 g/mol. The van der Waals surface area contributed by atoms with Gasteiger partial charge in [-0.2, -0.15) is 9.78 Å². The molecule has 0 saturated heterocycles. The molecule has 7 heteroatoms. The van der Waals surface area contributed by atoms with Crippen LogP contribution in [0, 0.1) is 18.3 Å². The zero-order valence-electron chi connectivity index (χ0n) is 20.7. The van der Waals surface area contributed by atoms with Crippen molar-refractivity contribution in [2.24, 2.45) is 21.4 Å². The zero-order valence-corrected chi connectivity index (χ0v) is 20.7. The van der Waals surface area contributed by atoms with E-state index in [1.807, 2.05) is 11.6 Å². The van der Waals surface area contributed by atoms with Crippen molar-refractivity contribution in [3.05, 3.63) is 29.5 Å². The highest BCUT2D eigenvalue weighted by Gasteiger charge is 2.37. The number of hydrogen-bond donors (Lipinski definition) is 0. The summed E-state index contributed by atoms with van der Waals surface area (Å²) in [5, 5.41) is 14.2. The van der Waals surface area contributed by atoms with Crippen LogP contribution in [0.15, 0.2) is 22.2 Å². The lowest BCUT2D eigenvalue weighted by atomic mass is 9.82. The Hall–Kier alpha value is -2.57. The smallest absolute Gasteiger partial charge is 0.205 e. The highest BCUT2D eigenvalue weighted by molar-refractivity contribution is 6.50. The molecule has 1 aliphatic carbocycles. The summed E-state index contributed by atoms with van der Waals surface area (Å²) in [4.78, 5) is 12.1. The van der Waals surface area contributed by atoms with Crippen LogP contribution in [-0.4, -0.2) is 44.4 Å². The Kier molecular flexibility index (Phi) is 6.19. The third-order valence-electron chi connectivity index (χ3n) is 6.68. The molecule has 1 fully saturated rings. The lowest BCUT2D eigenvalue weighted by Gasteiger charge is -2.25. The minimum Gasteiger partial charge on any atom is -0.357 e. The third-order valence-corrected chi connectivity index (χ3v) is 6.68. The first-order valence-electron chi connectivity index (χ1n) is 12.1. The fourth-order valence-electron chi connectivity index (χ4n) is 4.83. The summed E-state index contributed by atoms with van der Waals surface area (Å²) in [6.45, 7) is 17.1. The van der Waals surface area contributed by atoms with Gasteiger partial charge in [-0.05, 0) is 51.7 Å². The Labute approximate surface area is 192 Å². The van der Waals surface area contributed by atoms with Gasteiger partial charge in [-0.25, -0.2) is 9.98 Å². The highest BCUT2D eigenvalue weighted by Crippen LogP contribution is 2.37. The summed E-state index contributed by atoms with van der Waals surface area (Å²) in [7, 11) is 0. The quantitative estimate of drug-likeness (QED) is 0.621. The fraction of sp³-hybridized carbons (Fsp3) is 0.640. The SMILES string of the molecule is CCN(CC)c1ccc(N=C2C(C(C)(C)C)=Nn3c2nnc3C2CCCC(C)C2)c(C)n1. The van der Waals surface area contributed by atoms with Gasteiger partial charge in [-0.3, -0.25) is 0 Å². The van der Waals surface area contributed by atoms with Gasteiger partial charge in [0.15, 0.2) is 5.82 Å². The maximum atomic E-state index is 5.05. The molecule has 2 aliphatic rings. The Balaban J connectivity index is 1.75. The van der Waals surface area contributed by atoms with E-state index in [0.717, 1.165) is 72.1 Å². The minimum atomic E-state index is -0.154. The summed E-state index contributed by atoms with van der Waals surface area (Å²) in [5.74, 6) is 3.88. The molecule has 2 aromatic rings. The molecule has 0 radical (unpaired) electrons. The number of hydrogen-bond acceptors (Lipinski definition) is 6. The van der Waals surface area contributed by atoms with Crippen LogP contribution in [0.5, 0.6) is 0 Å². The van der Waals surface area contributed by atoms with Crippen LogP contribution >= 0.6 is 0 Å². The molecule has 32 heavy (non-hydrogen) atoms. The predicted molar refractivity (Wildman–Crippen MR) is 131 cm³/mol. The highest BCUT2D eigenvalue weighted by atomic mass is 15.5. The van der Waals surface area contributed by atoms with Gasteiger partial charge >= 0.3 is 0 Å². The van der Waals surface area contributed by atoms with Crippen LogP contribution < -0.4 is 4.90 Å². The fourth-order valence-corrected chi connectivity index (χ4v) is 4.83. The van der Waals surface area contributed by atoms with E-state index in [0.29, 0.717) is 5.92 Å². The van der Waals surface area contributed by atoms with Gasteiger partial charge in [0.2, 0.25) is 5.82 Å². The number of aromatic nitrogens is 4. The number of rotatable bonds is 5. The van der Waals surface area contributed by atoms with Crippen molar-refractivity contribution in [1.29, 1.82) is 0 Å². The summed E-state index contributed by atoms with van der Waals surface area (Å²) in [6, 6.07) is 4.12. The standard InChI is InChI=1S/C25H37N7/c1-8-31(9-2)20-14-13-19(17(4)26-20)27-21-22(25(5,6)7)30-32-23(28-29-24(21)32)18-12-10-11-16(3)15-18/h13-14,16,18H,8-12,15H2,1-7H3. The number of aryl methyl sites for hydroxylation is 1. The lowest BCUT2D eigenvalue weighted by molar-refractivity contribution is 0.330. The Morgan fingerprint density at radius 3 is 2.50 bits per heavy atom. The maximum Gasteiger partial charge on any atom is 0.205 e. The van der Waals surface area contributed by atoms with Crippen molar-refractivity contribution in [2.45, 2.75) is 80.1 Å². The van der Waals surface area contributed by atoms with Crippen LogP contribution in [0.4, 0.5) is 11.5 Å². The Bertz CT molecular complexity index is 1040. The Morgan fingerprint density at radius 1 is 1.12 bits per heavy atom. The van der Waals surface area contributed by atoms with Crippen molar-refractivity contribution in [2.75, 3.05) is 18.0 Å². The van der Waals surface area contributed by atoms with Crippen LogP contribution in [0.3, 0.4) is 0 Å². The van der Waals surface area contributed by atoms with Gasteiger partial charge in [-0.15, -0.1) is 10.2 Å². The van der Waals surface area contributed by atoms with Crippen LogP contribution in [0.1, 0.15) is 90.5 Å². The van der Waals surface area contributed by atoms with Gasteiger partial charge in [0.25, 0.3) is 0 Å². The first kappa shape index (κ1) is 22.6. The van der Waals surface area contributed by atoms with Gasteiger partial charge < -0.3 is 4.90 Å². The van der Waals surface area contributed by atoms with Crippen LogP contribution in [-0.2, 0) is 0 Å². The third kappa shape index (κ3) is 4.21. The van der Waals surface area contributed by atoms with E-state index in [4.69, 9.17) is 15.1 Å². The zero-order chi connectivity index (χ0) is 23.0. The normalized spacial score (nSPS) is 22.2. The number of aliphatic imine (C=N–C) groups is 1. The van der Waals surface area contributed by atoms with Crippen molar-refractivity contribution < 1.29 is 0 Å². The number of nitrogens with zero attached hydrogens (tertiary/aromatic N) is 7. The molecule has 1 aliphatic heterocycles. The topological polar surface area (TPSA) is 71.6 Å². The van der Waals surface area contributed by atoms with Crippen LogP contribution in [0.2, 0.25) is 0 Å². The monoisotopic (exact) mass is 435 g/mol. The van der Waals surface area contributed by atoms with Crippen molar-refractivity contribution in [1.82, 2.24) is 19.9 Å². The van der Waals surface area contributed by atoms with E-state index < -0.39 is 0 Å². The van der Waals surface area contributed by atoms with Gasteiger partial charge in [0.05, 0.1) is 17.1 Å².